The Hall–Kier alpha value is -1.07. The fraction of sp³-hybridized carbons (Fsp3) is 0.333. The summed E-state index contributed by atoms with van der Waals surface area (Å²) >= 11 is 2.39. The molecule has 0 spiro atoms. The van der Waals surface area contributed by atoms with Gasteiger partial charge in [-0.3, -0.25) is 0 Å². The third-order valence-electron chi connectivity index (χ3n) is 4.24. The first-order valence-corrected chi connectivity index (χ1v) is 8.26. The molecule has 110 valence electrons. The zero-order valence-corrected chi connectivity index (χ0v) is 14.8. The Morgan fingerprint density at radius 1 is 1.24 bits per heavy atom. The van der Waals surface area contributed by atoms with Gasteiger partial charge < -0.3 is 10.5 Å². The third kappa shape index (κ3) is 2.57. The lowest BCUT2D eigenvalue weighted by Crippen LogP contribution is -2.19. The van der Waals surface area contributed by atoms with Gasteiger partial charge >= 0.3 is 0 Å². The molecule has 21 heavy (non-hydrogen) atoms. The molecule has 0 aromatic heterocycles. The van der Waals surface area contributed by atoms with Crippen molar-refractivity contribution in [3.63, 3.8) is 0 Å². The van der Waals surface area contributed by atoms with E-state index in [9.17, 15) is 0 Å². The van der Waals surface area contributed by atoms with E-state index in [1.165, 1.54) is 20.3 Å². The molecule has 2 aromatic carbocycles. The van der Waals surface area contributed by atoms with Crippen molar-refractivity contribution >= 4 is 22.6 Å². The maximum absolute atomic E-state index is 6.52. The molecule has 3 rings (SSSR count). The van der Waals surface area contributed by atoms with E-state index >= 15 is 0 Å². The first-order chi connectivity index (χ1) is 9.90. The molecular formula is C18H20INO. The minimum atomic E-state index is -0.0986. The van der Waals surface area contributed by atoms with Gasteiger partial charge in [-0.2, -0.15) is 0 Å². The topological polar surface area (TPSA) is 35.2 Å². The number of rotatable bonds is 2. The van der Waals surface area contributed by atoms with Gasteiger partial charge in [0.1, 0.15) is 5.75 Å². The Labute approximate surface area is 139 Å². The lowest BCUT2D eigenvalue weighted by Gasteiger charge is -2.19. The molecule has 0 radical (unpaired) electrons. The van der Waals surface area contributed by atoms with E-state index in [1.807, 2.05) is 0 Å². The van der Waals surface area contributed by atoms with Crippen molar-refractivity contribution < 1.29 is 4.74 Å². The lowest BCUT2D eigenvalue weighted by molar-refractivity contribution is 0.291. The highest BCUT2D eigenvalue weighted by atomic mass is 127. The zero-order chi connectivity index (χ0) is 15.2. The van der Waals surface area contributed by atoms with E-state index < -0.39 is 0 Å². The fourth-order valence-electron chi connectivity index (χ4n) is 2.82. The van der Waals surface area contributed by atoms with Crippen LogP contribution in [0.5, 0.6) is 5.75 Å². The maximum atomic E-state index is 6.52. The van der Waals surface area contributed by atoms with Gasteiger partial charge in [-0.15, -0.1) is 0 Å². The van der Waals surface area contributed by atoms with Gasteiger partial charge in [0.15, 0.2) is 0 Å². The minimum absolute atomic E-state index is 0.0603. The van der Waals surface area contributed by atoms with Crippen LogP contribution in [0.2, 0.25) is 0 Å². The highest BCUT2D eigenvalue weighted by Gasteiger charge is 2.32. The molecule has 2 N–H and O–H groups in total. The molecule has 0 bridgehead atoms. The summed E-state index contributed by atoms with van der Waals surface area (Å²) in [6.45, 7) is 7.29. The summed E-state index contributed by atoms with van der Waals surface area (Å²) in [5, 5.41) is 0. The van der Waals surface area contributed by atoms with Gasteiger partial charge in [-0.25, -0.2) is 0 Å². The summed E-state index contributed by atoms with van der Waals surface area (Å²) in [5.41, 5.74) is 11.5. The number of nitrogens with two attached hydrogens (primary N) is 1. The highest BCUT2D eigenvalue weighted by Crippen LogP contribution is 2.40. The maximum Gasteiger partial charge on any atom is 0.123 e. The summed E-state index contributed by atoms with van der Waals surface area (Å²) in [5.74, 6) is 0.995. The Bertz CT molecular complexity index is 694. The molecule has 1 atom stereocenters. The number of benzene rings is 2. The molecule has 0 saturated heterocycles. The van der Waals surface area contributed by atoms with Crippen LogP contribution in [0.4, 0.5) is 0 Å². The van der Waals surface area contributed by atoms with Gasteiger partial charge in [0, 0.05) is 14.5 Å². The monoisotopic (exact) mass is 393 g/mol. The molecule has 1 aliphatic heterocycles. The van der Waals surface area contributed by atoms with Crippen molar-refractivity contribution in [3.05, 3.63) is 62.2 Å². The van der Waals surface area contributed by atoms with Crippen LogP contribution in [0.1, 0.15) is 42.1 Å². The molecule has 0 saturated carbocycles. The van der Waals surface area contributed by atoms with Gasteiger partial charge in [-0.1, -0.05) is 38.1 Å². The summed E-state index contributed by atoms with van der Waals surface area (Å²) < 4.78 is 7.00. The van der Waals surface area contributed by atoms with Crippen LogP contribution in [0.3, 0.4) is 0 Å². The molecule has 1 unspecified atom stereocenters. The number of hydrogen-bond donors (Lipinski definition) is 1. The Morgan fingerprint density at radius 2 is 2.00 bits per heavy atom. The molecule has 1 aliphatic rings. The first kappa shape index (κ1) is 14.9. The summed E-state index contributed by atoms with van der Waals surface area (Å²) in [4.78, 5) is 0. The van der Waals surface area contributed by atoms with Gasteiger partial charge in [0.05, 0.1) is 12.6 Å². The van der Waals surface area contributed by atoms with Gasteiger partial charge in [0.2, 0.25) is 0 Å². The normalized spacial score (nSPS) is 17.2. The van der Waals surface area contributed by atoms with Crippen molar-refractivity contribution in [1.29, 1.82) is 0 Å². The Morgan fingerprint density at radius 3 is 2.76 bits per heavy atom. The SMILES string of the molecule is Cc1cccc(C(N)c2ccc3c(c2)C(C)(C)CO3)c1I. The summed E-state index contributed by atoms with van der Waals surface area (Å²) in [6, 6.07) is 12.6. The second-order valence-corrected chi connectivity index (χ2v) is 7.46. The number of ether oxygens (including phenoxy) is 1. The van der Waals surface area contributed by atoms with Crippen molar-refractivity contribution in [1.82, 2.24) is 0 Å². The van der Waals surface area contributed by atoms with Crippen LogP contribution in [-0.2, 0) is 5.41 Å². The van der Waals surface area contributed by atoms with Crippen molar-refractivity contribution in [2.75, 3.05) is 6.61 Å². The molecule has 3 heteroatoms. The zero-order valence-electron chi connectivity index (χ0n) is 12.6. The van der Waals surface area contributed by atoms with Gasteiger partial charge in [-0.05, 0) is 58.3 Å². The average molecular weight is 393 g/mol. The Kier molecular flexibility index (Phi) is 3.74. The van der Waals surface area contributed by atoms with E-state index in [1.54, 1.807) is 0 Å². The van der Waals surface area contributed by atoms with Crippen LogP contribution in [0.25, 0.3) is 0 Å². The highest BCUT2D eigenvalue weighted by molar-refractivity contribution is 14.1. The molecule has 1 heterocycles. The number of halogens is 1. The van der Waals surface area contributed by atoms with Crippen molar-refractivity contribution in [2.45, 2.75) is 32.2 Å². The second-order valence-electron chi connectivity index (χ2n) is 6.38. The fourth-order valence-corrected chi connectivity index (χ4v) is 3.52. The number of hydrogen-bond acceptors (Lipinski definition) is 2. The largest absolute Gasteiger partial charge is 0.492 e. The van der Waals surface area contributed by atoms with Crippen molar-refractivity contribution in [3.8, 4) is 5.75 Å². The smallest absolute Gasteiger partial charge is 0.123 e. The molecule has 2 nitrogen and oxygen atoms in total. The molecule has 0 aliphatic carbocycles. The Balaban J connectivity index is 2.03. The third-order valence-corrected chi connectivity index (χ3v) is 5.71. The van der Waals surface area contributed by atoms with Crippen LogP contribution in [-0.4, -0.2) is 6.61 Å². The standard InChI is InChI=1S/C18H20INO/c1-11-5-4-6-13(16(11)19)17(20)12-7-8-15-14(9-12)18(2,3)10-21-15/h4-9,17H,10,20H2,1-3H3. The molecule has 0 fully saturated rings. The number of aryl methyl sites for hydroxylation is 1. The van der Waals surface area contributed by atoms with E-state index in [0.717, 1.165) is 17.9 Å². The van der Waals surface area contributed by atoms with Crippen LogP contribution < -0.4 is 10.5 Å². The molecular weight excluding hydrogens is 373 g/mol. The predicted molar refractivity (Wildman–Crippen MR) is 94.9 cm³/mol. The first-order valence-electron chi connectivity index (χ1n) is 7.18. The number of fused-ring (bicyclic) bond motifs is 1. The van der Waals surface area contributed by atoms with Crippen LogP contribution in [0, 0.1) is 10.5 Å². The minimum Gasteiger partial charge on any atom is -0.492 e. The molecule has 0 amide bonds. The van der Waals surface area contributed by atoms with Crippen LogP contribution in [0.15, 0.2) is 36.4 Å². The van der Waals surface area contributed by atoms with E-state index in [-0.39, 0.29) is 11.5 Å². The molecule has 2 aromatic rings. The lowest BCUT2D eigenvalue weighted by atomic mass is 9.85. The van der Waals surface area contributed by atoms with E-state index in [2.05, 4.69) is 79.8 Å². The van der Waals surface area contributed by atoms with E-state index in [4.69, 9.17) is 10.5 Å². The summed E-state index contributed by atoms with van der Waals surface area (Å²) in [6.07, 6.45) is 0. The van der Waals surface area contributed by atoms with Crippen LogP contribution >= 0.6 is 22.6 Å². The van der Waals surface area contributed by atoms with E-state index in [0.29, 0.717) is 0 Å². The average Bonchev–Trinajstić information content (AvgIpc) is 2.76. The predicted octanol–water partition coefficient (Wildman–Crippen LogP) is 4.32. The van der Waals surface area contributed by atoms with Crippen molar-refractivity contribution in [2.24, 2.45) is 5.73 Å². The second kappa shape index (κ2) is 5.29. The quantitative estimate of drug-likeness (QED) is 0.772. The summed E-state index contributed by atoms with van der Waals surface area (Å²) in [7, 11) is 0. The van der Waals surface area contributed by atoms with Gasteiger partial charge in [0.25, 0.3) is 0 Å².